The van der Waals surface area contributed by atoms with E-state index in [1.807, 2.05) is 63.2 Å². The normalized spacial score (nSPS) is 11.4. The van der Waals surface area contributed by atoms with Gasteiger partial charge < -0.3 is 9.64 Å². The third-order valence-corrected chi connectivity index (χ3v) is 3.98. The molecule has 0 radical (unpaired) electrons. The lowest BCUT2D eigenvalue weighted by molar-refractivity contribution is 0.0544. The van der Waals surface area contributed by atoms with Gasteiger partial charge >= 0.3 is 6.09 Å². The van der Waals surface area contributed by atoms with Crippen LogP contribution in [0.25, 0.3) is 10.9 Å². The van der Waals surface area contributed by atoms with Gasteiger partial charge in [-0.2, -0.15) is 0 Å². The van der Waals surface area contributed by atoms with Crippen molar-refractivity contribution in [1.29, 1.82) is 0 Å². The van der Waals surface area contributed by atoms with Gasteiger partial charge in [-0.05, 0) is 57.2 Å². The minimum absolute atomic E-state index is 0.0866. The van der Waals surface area contributed by atoms with E-state index < -0.39 is 11.7 Å². The van der Waals surface area contributed by atoms with Gasteiger partial charge in [0.2, 0.25) is 0 Å². The summed E-state index contributed by atoms with van der Waals surface area (Å²) in [6.45, 7) is 5.50. The zero-order valence-electron chi connectivity index (χ0n) is 15.4. The van der Waals surface area contributed by atoms with Crippen molar-refractivity contribution in [1.82, 2.24) is 4.57 Å². The van der Waals surface area contributed by atoms with Crippen molar-refractivity contribution in [2.75, 3.05) is 11.9 Å². The number of carbonyl (C=O) groups excluding carboxylic acids is 2. The highest BCUT2D eigenvalue weighted by Gasteiger charge is 2.20. The van der Waals surface area contributed by atoms with Crippen LogP contribution in [0.2, 0.25) is 0 Å². The first kappa shape index (κ1) is 17.7. The molecule has 1 aromatic heterocycles. The molecule has 2 aromatic carbocycles. The van der Waals surface area contributed by atoms with Crippen molar-refractivity contribution in [2.24, 2.45) is 0 Å². The fourth-order valence-electron chi connectivity index (χ4n) is 2.70. The minimum atomic E-state index is -0.560. The standard InChI is InChI=1S/C21H22N2O3/c1-21(2,3)26-20(25)23-13-12-16-14-17(10-11-18(16)23)22(4)19(24)15-8-6-5-7-9-15/h5-14H,1-4H3. The highest BCUT2D eigenvalue weighted by molar-refractivity contribution is 6.06. The second-order valence-corrected chi connectivity index (χ2v) is 7.14. The van der Waals surface area contributed by atoms with Gasteiger partial charge in [0.1, 0.15) is 5.60 Å². The van der Waals surface area contributed by atoms with E-state index in [4.69, 9.17) is 4.74 Å². The zero-order chi connectivity index (χ0) is 18.9. The molecule has 0 bridgehead atoms. The smallest absolute Gasteiger partial charge is 0.418 e. The van der Waals surface area contributed by atoms with Gasteiger partial charge in [-0.25, -0.2) is 4.79 Å². The molecular weight excluding hydrogens is 328 g/mol. The lowest BCUT2D eigenvalue weighted by Crippen LogP contribution is -2.27. The summed E-state index contributed by atoms with van der Waals surface area (Å²) in [4.78, 5) is 26.5. The van der Waals surface area contributed by atoms with Gasteiger partial charge in [-0.1, -0.05) is 18.2 Å². The Kier molecular flexibility index (Phi) is 4.55. The second kappa shape index (κ2) is 6.67. The summed E-state index contributed by atoms with van der Waals surface area (Å²) in [6, 6.07) is 16.5. The van der Waals surface area contributed by atoms with Gasteiger partial charge in [-0.3, -0.25) is 9.36 Å². The number of ether oxygens (including phenoxy) is 1. The SMILES string of the molecule is CN(C(=O)c1ccccc1)c1ccc2c(ccn2C(=O)OC(C)(C)C)c1. The third kappa shape index (κ3) is 3.61. The maximum absolute atomic E-state index is 12.6. The molecule has 1 heterocycles. The van der Waals surface area contributed by atoms with Crippen molar-refractivity contribution in [3.05, 3.63) is 66.4 Å². The summed E-state index contributed by atoms with van der Waals surface area (Å²) < 4.78 is 6.90. The maximum Gasteiger partial charge on any atom is 0.418 e. The summed E-state index contributed by atoms with van der Waals surface area (Å²) in [7, 11) is 1.74. The second-order valence-electron chi connectivity index (χ2n) is 7.14. The molecule has 26 heavy (non-hydrogen) atoms. The van der Waals surface area contributed by atoms with E-state index in [9.17, 15) is 9.59 Å². The number of hydrogen-bond donors (Lipinski definition) is 0. The number of anilines is 1. The molecule has 0 N–H and O–H groups in total. The van der Waals surface area contributed by atoms with Crippen LogP contribution in [-0.4, -0.2) is 29.2 Å². The summed E-state index contributed by atoms with van der Waals surface area (Å²) in [5, 5.41) is 0.862. The fraction of sp³-hybridized carbons (Fsp3) is 0.238. The average Bonchev–Trinajstić information content (AvgIpc) is 3.03. The first-order valence-corrected chi connectivity index (χ1v) is 8.44. The van der Waals surface area contributed by atoms with Gasteiger partial charge in [0.25, 0.3) is 5.91 Å². The van der Waals surface area contributed by atoms with Crippen molar-refractivity contribution >= 4 is 28.6 Å². The molecule has 0 fully saturated rings. The van der Waals surface area contributed by atoms with Crippen LogP contribution in [0.15, 0.2) is 60.8 Å². The predicted molar refractivity (Wildman–Crippen MR) is 103 cm³/mol. The highest BCUT2D eigenvalue weighted by Crippen LogP contribution is 2.24. The molecule has 0 spiro atoms. The molecule has 5 nitrogen and oxygen atoms in total. The Morgan fingerprint density at radius 2 is 1.69 bits per heavy atom. The third-order valence-electron chi connectivity index (χ3n) is 3.98. The molecule has 5 heteroatoms. The quantitative estimate of drug-likeness (QED) is 0.673. The molecule has 1 amide bonds. The lowest BCUT2D eigenvalue weighted by atomic mass is 10.1. The number of hydrogen-bond acceptors (Lipinski definition) is 3. The largest absolute Gasteiger partial charge is 0.443 e. The van der Waals surface area contributed by atoms with Gasteiger partial charge in [0.05, 0.1) is 5.52 Å². The van der Waals surface area contributed by atoms with E-state index in [0.29, 0.717) is 5.56 Å². The molecule has 0 aliphatic carbocycles. The van der Waals surface area contributed by atoms with E-state index in [1.165, 1.54) is 4.57 Å². The van der Waals surface area contributed by atoms with Crippen molar-refractivity contribution in [3.63, 3.8) is 0 Å². The Hall–Kier alpha value is -3.08. The summed E-state index contributed by atoms with van der Waals surface area (Å²) >= 11 is 0. The molecule has 0 aliphatic heterocycles. The topological polar surface area (TPSA) is 51.5 Å². The van der Waals surface area contributed by atoms with Crippen LogP contribution in [-0.2, 0) is 4.74 Å². The molecule has 3 rings (SSSR count). The van der Waals surface area contributed by atoms with E-state index in [2.05, 4.69) is 0 Å². The predicted octanol–water partition coefficient (Wildman–Crippen LogP) is 4.70. The van der Waals surface area contributed by atoms with Crippen LogP contribution >= 0.6 is 0 Å². The Labute approximate surface area is 152 Å². The number of fused-ring (bicyclic) bond motifs is 1. The summed E-state index contributed by atoms with van der Waals surface area (Å²) in [5.41, 5.74) is 1.56. The molecule has 0 unspecified atom stereocenters. The number of rotatable bonds is 2. The van der Waals surface area contributed by atoms with Gasteiger partial charge in [0, 0.05) is 29.9 Å². The van der Waals surface area contributed by atoms with Gasteiger partial charge in [0.15, 0.2) is 0 Å². The Morgan fingerprint density at radius 1 is 1.00 bits per heavy atom. The first-order valence-electron chi connectivity index (χ1n) is 8.44. The highest BCUT2D eigenvalue weighted by atomic mass is 16.6. The first-order chi connectivity index (χ1) is 12.3. The number of benzene rings is 2. The summed E-state index contributed by atoms with van der Waals surface area (Å²) in [5.74, 6) is -0.0866. The molecular formula is C21H22N2O3. The Balaban J connectivity index is 1.89. The minimum Gasteiger partial charge on any atom is -0.443 e. The number of carbonyl (C=O) groups is 2. The molecule has 0 saturated carbocycles. The van der Waals surface area contributed by atoms with Crippen LogP contribution in [0, 0.1) is 0 Å². The van der Waals surface area contributed by atoms with Crippen LogP contribution in [0.3, 0.4) is 0 Å². The average molecular weight is 350 g/mol. The Morgan fingerprint density at radius 3 is 2.35 bits per heavy atom. The molecule has 0 aliphatic rings. The van der Waals surface area contributed by atoms with E-state index in [0.717, 1.165) is 16.6 Å². The fourth-order valence-corrected chi connectivity index (χ4v) is 2.70. The van der Waals surface area contributed by atoms with Gasteiger partial charge in [-0.15, -0.1) is 0 Å². The van der Waals surface area contributed by atoms with Crippen LogP contribution in [0.1, 0.15) is 31.1 Å². The lowest BCUT2D eigenvalue weighted by Gasteiger charge is -2.20. The Bertz CT molecular complexity index is 952. The number of amides is 1. The summed E-state index contributed by atoms with van der Waals surface area (Å²) in [6.07, 6.45) is 1.26. The van der Waals surface area contributed by atoms with Crippen LogP contribution in [0.4, 0.5) is 10.5 Å². The number of aromatic nitrogens is 1. The van der Waals surface area contributed by atoms with Crippen LogP contribution < -0.4 is 4.90 Å². The molecule has 134 valence electrons. The van der Waals surface area contributed by atoms with Crippen molar-refractivity contribution < 1.29 is 14.3 Å². The zero-order valence-corrected chi connectivity index (χ0v) is 15.4. The molecule has 3 aromatic rings. The van der Waals surface area contributed by atoms with Crippen LogP contribution in [0.5, 0.6) is 0 Å². The van der Waals surface area contributed by atoms with Crippen molar-refractivity contribution in [3.8, 4) is 0 Å². The maximum atomic E-state index is 12.6. The van der Waals surface area contributed by atoms with E-state index >= 15 is 0 Å². The monoisotopic (exact) mass is 350 g/mol. The molecule has 0 atom stereocenters. The van der Waals surface area contributed by atoms with E-state index in [-0.39, 0.29) is 5.91 Å². The van der Waals surface area contributed by atoms with Crippen molar-refractivity contribution in [2.45, 2.75) is 26.4 Å². The van der Waals surface area contributed by atoms with E-state index in [1.54, 1.807) is 30.3 Å². The number of nitrogens with zero attached hydrogens (tertiary/aromatic N) is 2. The molecule has 0 saturated heterocycles.